The predicted octanol–water partition coefficient (Wildman–Crippen LogP) is 3.35. The van der Waals surface area contributed by atoms with Crippen molar-refractivity contribution in [2.75, 3.05) is 20.2 Å². The van der Waals surface area contributed by atoms with Crippen molar-refractivity contribution >= 4 is 0 Å². The van der Waals surface area contributed by atoms with Crippen LogP contribution in [0.25, 0.3) is 0 Å². The number of hydrogen-bond donors (Lipinski definition) is 1. The Morgan fingerprint density at radius 1 is 1.15 bits per heavy atom. The lowest BCUT2D eigenvalue weighted by Crippen LogP contribution is -2.53. The second kappa shape index (κ2) is 6.59. The third-order valence-corrected chi connectivity index (χ3v) is 4.92. The summed E-state index contributed by atoms with van der Waals surface area (Å²) in [5.74, 6) is 0.893. The maximum absolute atomic E-state index is 6.70. The van der Waals surface area contributed by atoms with Crippen molar-refractivity contribution in [3.05, 3.63) is 29.8 Å². The lowest BCUT2D eigenvalue weighted by atomic mass is 9.82. The van der Waals surface area contributed by atoms with Crippen molar-refractivity contribution in [3.63, 3.8) is 0 Å². The number of nitrogens with two attached hydrogens (primary N) is 1. The zero-order valence-electron chi connectivity index (χ0n) is 13.1. The number of hydrogen-bond acceptors (Lipinski definition) is 3. The quantitative estimate of drug-likeness (QED) is 0.866. The molecule has 1 saturated carbocycles. The van der Waals surface area contributed by atoms with E-state index in [-0.39, 0.29) is 11.6 Å². The van der Waals surface area contributed by atoms with E-state index in [9.17, 15) is 0 Å². The van der Waals surface area contributed by atoms with Crippen molar-refractivity contribution < 1.29 is 4.74 Å². The molecule has 1 aromatic carbocycles. The van der Waals surface area contributed by atoms with E-state index in [0.717, 1.165) is 18.8 Å². The molecule has 0 heterocycles. The fourth-order valence-electron chi connectivity index (χ4n) is 3.79. The summed E-state index contributed by atoms with van der Waals surface area (Å²) in [6.45, 7) is 6.62. The smallest absolute Gasteiger partial charge is 0.118 e. The predicted molar refractivity (Wildman–Crippen MR) is 84.0 cm³/mol. The normalized spacial score (nSPS) is 19.2. The minimum Gasteiger partial charge on any atom is -0.497 e. The Morgan fingerprint density at radius 2 is 1.70 bits per heavy atom. The molecule has 0 radical (unpaired) electrons. The summed E-state index contributed by atoms with van der Waals surface area (Å²) in [4.78, 5) is 2.56. The molecule has 0 spiro atoms. The van der Waals surface area contributed by atoms with Crippen LogP contribution in [0.15, 0.2) is 24.3 Å². The Hall–Kier alpha value is -1.06. The van der Waals surface area contributed by atoms with Crippen LogP contribution in [0.1, 0.15) is 51.1 Å². The van der Waals surface area contributed by atoms with Crippen molar-refractivity contribution in [2.45, 2.75) is 51.1 Å². The van der Waals surface area contributed by atoms with Gasteiger partial charge in [-0.05, 0) is 43.6 Å². The van der Waals surface area contributed by atoms with Gasteiger partial charge in [-0.25, -0.2) is 0 Å². The number of nitrogens with zero attached hydrogens (tertiary/aromatic N) is 1. The molecule has 0 aliphatic heterocycles. The van der Waals surface area contributed by atoms with Crippen molar-refractivity contribution in [3.8, 4) is 5.75 Å². The largest absolute Gasteiger partial charge is 0.497 e. The van der Waals surface area contributed by atoms with Crippen molar-refractivity contribution in [2.24, 2.45) is 5.73 Å². The molecule has 20 heavy (non-hydrogen) atoms. The Balaban J connectivity index is 2.28. The summed E-state index contributed by atoms with van der Waals surface area (Å²) in [6, 6.07) is 8.34. The molecule has 112 valence electrons. The minimum atomic E-state index is 0.0795. The second-order valence-electron chi connectivity index (χ2n) is 5.73. The zero-order valence-corrected chi connectivity index (χ0v) is 13.1. The highest BCUT2D eigenvalue weighted by Gasteiger charge is 2.43. The van der Waals surface area contributed by atoms with Gasteiger partial charge in [-0.3, -0.25) is 4.90 Å². The summed E-state index contributed by atoms with van der Waals surface area (Å²) in [5.41, 5.74) is 8.06. The van der Waals surface area contributed by atoms with Crippen LogP contribution in [-0.2, 0) is 0 Å². The van der Waals surface area contributed by atoms with Gasteiger partial charge in [-0.1, -0.05) is 38.8 Å². The van der Waals surface area contributed by atoms with Crippen LogP contribution >= 0.6 is 0 Å². The highest BCUT2D eigenvalue weighted by atomic mass is 16.5. The molecule has 1 unspecified atom stereocenters. The highest BCUT2D eigenvalue weighted by molar-refractivity contribution is 5.31. The second-order valence-corrected chi connectivity index (χ2v) is 5.73. The van der Waals surface area contributed by atoms with E-state index < -0.39 is 0 Å². The molecule has 0 bridgehead atoms. The van der Waals surface area contributed by atoms with E-state index in [1.165, 1.54) is 31.2 Å². The van der Waals surface area contributed by atoms with Crippen molar-refractivity contribution in [1.29, 1.82) is 0 Å². The van der Waals surface area contributed by atoms with Gasteiger partial charge in [0.25, 0.3) is 0 Å². The fraction of sp³-hybridized carbons (Fsp3) is 0.647. The molecule has 1 aliphatic rings. The van der Waals surface area contributed by atoms with Gasteiger partial charge in [-0.2, -0.15) is 0 Å². The minimum absolute atomic E-state index is 0.0795. The third kappa shape index (κ3) is 2.70. The van der Waals surface area contributed by atoms with Gasteiger partial charge in [0.1, 0.15) is 5.75 Å². The maximum atomic E-state index is 6.70. The molecule has 3 nitrogen and oxygen atoms in total. The molecule has 1 fully saturated rings. The first-order valence-electron chi connectivity index (χ1n) is 7.82. The Kier molecular flexibility index (Phi) is 5.06. The lowest BCUT2D eigenvalue weighted by molar-refractivity contribution is 0.0770. The van der Waals surface area contributed by atoms with Crippen LogP contribution in [0.2, 0.25) is 0 Å². The summed E-state index contributed by atoms with van der Waals surface area (Å²) in [7, 11) is 1.70. The Morgan fingerprint density at radius 3 is 2.15 bits per heavy atom. The van der Waals surface area contributed by atoms with Crippen LogP contribution < -0.4 is 10.5 Å². The molecular weight excluding hydrogens is 248 g/mol. The first kappa shape index (κ1) is 15.3. The third-order valence-electron chi connectivity index (χ3n) is 4.92. The molecule has 0 saturated heterocycles. The zero-order chi connectivity index (χ0) is 14.6. The molecule has 3 heteroatoms. The van der Waals surface area contributed by atoms with E-state index in [4.69, 9.17) is 10.5 Å². The summed E-state index contributed by atoms with van der Waals surface area (Å²) in [6.07, 6.45) is 5.00. The lowest BCUT2D eigenvalue weighted by Gasteiger charge is -2.45. The van der Waals surface area contributed by atoms with Gasteiger partial charge < -0.3 is 10.5 Å². The van der Waals surface area contributed by atoms with Crippen LogP contribution in [-0.4, -0.2) is 30.6 Å². The molecular formula is C17H28N2O. The first-order chi connectivity index (χ1) is 9.67. The fourth-order valence-corrected chi connectivity index (χ4v) is 3.79. The van der Waals surface area contributed by atoms with Crippen molar-refractivity contribution in [1.82, 2.24) is 4.90 Å². The molecule has 1 atom stereocenters. The SMILES string of the molecule is CCN(CC)C1(C(N)c2ccc(OC)cc2)CCCC1. The molecule has 0 amide bonds. The Labute approximate surface area is 123 Å². The molecule has 1 aliphatic carbocycles. The molecule has 0 aromatic heterocycles. The van der Waals surface area contributed by atoms with E-state index in [1.54, 1.807) is 7.11 Å². The molecule has 1 aromatic rings. The number of benzene rings is 1. The topological polar surface area (TPSA) is 38.5 Å². The number of likely N-dealkylation sites (N-methyl/N-ethyl adjacent to an activating group) is 1. The van der Waals surface area contributed by atoms with Gasteiger partial charge >= 0.3 is 0 Å². The standard InChI is InChI=1S/C17H28N2O/c1-4-19(5-2)17(12-6-7-13-17)16(18)14-8-10-15(20-3)11-9-14/h8-11,16H,4-7,12-13,18H2,1-3H3. The van der Waals surface area contributed by atoms with E-state index in [1.807, 2.05) is 12.1 Å². The monoisotopic (exact) mass is 276 g/mol. The molecule has 2 N–H and O–H groups in total. The van der Waals surface area contributed by atoms with Crippen LogP contribution in [0.5, 0.6) is 5.75 Å². The van der Waals surface area contributed by atoms with Gasteiger partial charge in [0.15, 0.2) is 0 Å². The van der Waals surface area contributed by atoms with Gasteiger partial charge in [0.05, 0.1) is 7.11 Å². The number of ether oxygens (including phenoxy) is 1. The van der Waals surface area contributed by atoms with Gasteiger partial charge in [0.2, 0.25) is 0 Å². The average molecular weight is 276 g/mol. The van der Waals surface area contributed by atoms with Crippen LogP contribution in [0, 0.1) is 0 Å². The highest BCUT2D eigenvalue weighted by Crippen LogP contribution is 2.43. The van der Waals surface area contributed by atoms with Gasteiger partial charge in [-0.15, -0.1) is 0 Å². The molecule has 2 rings (SSSR count). The van der Waals surface area contributed by atoms with E-state index in [2.05, 4.69) is 30.9 Å². The number of rotatable bonds is 6. The van der Waals surface area contributed by atoms with Crippen LogP contribution in [0.3, 0.4) is 0 Å². The summed E-state index contributed by atoms with van der Waals surface area (Å²) in [5, 5.41) is 0. The average Bonchev–Trinajstić information content (AvgIpc) is 2.98. The van der Waals surface area contributed by atoms with E-state index >= 15 is 0 Å². The Bertz CT molecular complexity index is 406. The van der Waals surface area contributed by atoms with Crippen LogP contribution in [0.4, 0.5) is 0 Å². The summed E-state index contributed by atoms with van der Waals surface area (Å²) < 4.78 is 5.24. The van der Waals surface area contributed by atoms with E-state index in [0.29, 0.717) is 0 Å². The number of methoxy groups -OCH3 is 1. The van der Waals surface area contributed by atoms with Gasteiger partial charge in [0, 0.05) is 11.6 Å². The maximum Gasteiger partial charge on any atom is 0.118 e. The summed E-state index contributed by atoms with van der Waals surface area (Å²) >= 11 is 0. The first-order valence-corrected chi connectivity index (χ1v) is 7.82.